The maximum Gasteiger partial charge on any atom is 0.242 e. The fourth-order valence-electron chi connectivity index (χ4n) is 2.88. The normalized spacial score (nSPS) is 22.9. The lowest BCUT2D eigenvalue weighted by atomic mass is 10.2. The first kappa shape index (κ1) is 14.4. The highest BCUT2D eigenvalue weighted by Crippen LogP contribution is 2.27. The number of fused-ring (bicyclic) bond motifs is 1. The number of sulfonamides is 1. The van der Waals surface area contributed by atoms with Crippen LogP contribution in [-0.4, -0.2) is 32.7 Å². The van der Waals surface area contributed by atoms with E-state index in [1.54, 1.807) is 25.3 Å². The topological polar surface area (TPSA) is 97.2 Å². The number of anilines is 1. The first-order chi connectivity index (χ1) is 9.99. The number of nitrogens with one attached hydrogen (secondary N) is 2. The fraction of sp³-hybridized carbons (Fsp3) is 0.429. The van der Waals surface area contributed by atoms with Gasteiger partial charge in [0.2, 0.25) is 10.0 Å². The van der Waals surface area contributed by atoms with E-state index >= 15 is 0 Å². The van der Waals surface area contributed by atoms with E-state index in [1.165, 1.54) is 6.20 Å². The summed E-state index contributed by atoms with van der Waals surface area (Å²) in [7, 11) is -1.89. The minimum atomic E-state index is -3.55. The molecule has 1 saturated carbocycles. The molecular weight excluding hydrogens is 290 g/mol. The van der Waals surface area contributed by atoms with Crippen LogP contribution in [0.4, 0.5) is 5.69 Å². The molecule has 1 aliphatic rings. The molecular formula is C14H19N3O3S. The summed E-state index contributed by atoms with van der Waals surface area (Å²) in [4.78, 5) is 3.22. The van der Waals surface area contributed by atoms with Gasteiger partial charge in [0.1, 0.15) is 4.90 Å². The van der Waals surface area contributed by atoms with E-state index < -0.39 is 10.0 Å². The van der Waals surface area contributed by atoms with Crippen molar-refractivity contribution >= 4 is 26.6 Å². The van der Waals surface area contributed by atoms with Crippen LogP contribution >= 0.6 is 0 Å². The molecule has 4 N–H and O–H groups in total. The van der Waals surface area contributed by atoms with E-state index in [-0.39, 0.29) is 17.0 Å². The molecule has 0 spiro atoms. The van der Waals surface area contributed by atoms with Gasteiger partial charge in [0.25, 0.3) is 0 Å². The van der Waals surface area contributed by atoms with Crippen molar-refractivity contribution in [2.45, 2.75) is 36.3 Å². The number of rotatable bonds is 4. The molecule has 1 aromatic heterocycles. The Balaban J connectivity index is 1.87. The molecule has 0 amide bonds. The number of nitrogens with two attached hydrogens (primary N) is 1. The predicted molar refractivity (Wildman–Crippen MR) is 81.5 cm³/mol. The number of H-pyrrole nitrogens is 1. The van der Waals surface area contributed by atoms with Gasteiger partial charge in [-0.2, -0.15) is 0 Å². The number of nitrogen functional groups attached to an aromatic ring is 1. The molecule has 1 heterocycles. The lowest BCUT2D eigenvalue weighted by Gasteiger charge is -2.13. The van der Waals surface area contributed by atoms with Crippen molar-refractivity contribution in [1.82, 2.24) is 9.71 Å². The molecule has 2 unspecified atom stereocenters. The molecule has 0 radical (unpaired) electrons. The van der Waals surface area contributed by atoms with E-state index in [9.17, 15) is 8.42 Å². The molecule has 7 heteroatoms. The van der Waals surface area contributed by atoms with Crippen molar-refractivity contribution in [3.8, 4) is 0 Å². The Labute approximate surface area is 123 Å². The van der Waals surface area contributed by atoms with Gasteiger partial charge in [-0.3, -0.25) is 0 Å². The van der Waals surface area contributed by atoms with Gasteiger partial charge in [-0.15, -0.1) is 0 Å². The van der Waals surface area contributed by atoms with Crippen LogP contribution in [0.2, 0.25) is 0 Å². The lowest BCUT2D eigenvalue weighted by Crippen LogP contribution is -2.33. The number of benzene rings is 1. The van der Waals surface area contributed by atoms with Crippen LogP contribution in [0, 0.1) is 0 Å². The minimum Gasteiger partial charge on any atom is -0.399 e. The van der Waals surface area contributed by atoms with Crippen LogP contribution < -0.4 is 10.5 Å². The van der Waals surface area contributed by atoms with Crippen molar-refractivity contribution < 1.29 is 13.2 Å². The molecule has 1 aliphatic carbocycles. The summed E-state index contributed by atoms with van der Waals surface area (Å²) in [6.45, 7) is 0. The maximum atomic E-state index is 12.5. The highest BCUT2D eigenvalue weighted by Gasteiger charge is 2.29. The van der Waals surface area contributed by atoms with Gasteiger partial charge in [0.05, 0.1) is 6.10 Å². The molecule has 0 bridgehead atoms. The van der Waals surface area contributed by atoms with Crippen molar-refractivity contribution in [2.24, 2.45) is 0 Å². The zero-order valence-corrected chi connectivity index (χ0v) is 12.6. The number of hydrogen-bond donors (Lipinski definition) is 3. The Morgan fingerprint density at radius 1 is 1.38 bits per heavy atom. The van der Waals surface area contributed by atoms with Crippen LogP contribution in [0.15, 0.2) is 29.3 Å². The van der Waals surface area contributed by atoms with Gasteiger partial charge in [0.15, 0.2) is 0 Å². The molecule has 1 aromatic carbocycles. The molecule has 0 saturated heterocycles. The third kappa shape index (κ3) is 2.76. The third-order valence-electron chi connectivity index (χ3n) is 4.00. The quantitative estimate of drug-likeness (QED) is 0.747. The average molecular weight is 309 g/mol. The number of hydrogen-bond acceptors (Lipinski definition) is 4. The van der Waals surface area contributed by atoms with Crippen molar-refractivity contribution in [2.75, 3.05) is 12.8 Å². The van der Waals surface area contributed by atoms with E-state index in [0.717, 1.165) is 18.4 Å². The smallest absolute Gasteiger partial charge is 0.242 e. The molecule has 2 atom stereocenters. The Morgan fingerprint density at radius 3 is 2.90 bits per heavy atom. The second-order valence-corrected chi connectivity index (χ2v) is 7.13. The van der Waals surface area contributed by atoms with Gasteiger partial charge in [-0.1, -0.05) is 0 Å². The number of ether oxygens (including phenoxy) is 1. The third-order valence-corrected chi connectivity index (χ3v) is 5.56. The van der Waals surface area contributed by atoms with Crippen molar-refractivity contribution in [3.63, 3.8) is 0 Å². The highest BCUT2D eigenvalue weighted by molar-refractivity contribution is 7.89. The van der Waals surface area contributed by atoms with Crippen LogP contribution in [0.3, 0.4) is 0 Å². The fourth-order valence-corrected chi connectivity index (χ4v) is 4.35. The first-order valence-electron chi connectivity index (χ1n) is 6.91. The Bertz CT molecular complexity index is 754. The van der Waals surface area contributed by atoms with E-state index in [4.69, 9.17) is 10.5 Å². The Morgan fingerprint density at radius 2 is 2.19 bits per heavy atom. The Hall–Kier alpha value is -1.57. The average Bonchev–Trinajstić information content (AvgIpc) is 3.04. The van der Waals surface area contributed by atoms with E-state index in [2.05, 4.69) is 9.71 Å². The van der Waals surface area contributed by atoms with Crippen molar-refractivity contribution in [3.05, 3.63) is 24.4 Å². The van der Waals surface area contributed by atoms with Crippen molar-refractivity contribution in [1.29, 1.82) is 0 Å². The summed E-state index contributed by atoms with van der Waals surface area (Å²) in [5.41, 5.74) is 7.02. The first-order valence-corrected chi connectivity index (χ1v) is 8.39. The highest BCUT2D eigenvalue weighted by atomic mass is 32.2. The van der Waals surface area contributed by atoms with E-state index in [1.807, 2.05) is 0 Å². The van der Waals surface area contributed by atoms with E-state index in [0.29, 0.717) is 17.5 Å². The standard InChI is InChI=1S/C14H19N3O3S/c1-20-11-4-3-10(7-11)17-21(18,19)14-8-16-13-6-9(15)2-5-12(13)14/h2,5-6,8,10-11,16-17H,3-4,7,15H2,1H3. The summed E-state index contributed by atoms with van der Waals surface area (Å²) in [6, 6.07) is 5.08. The van der Waals surface area contributed by atoms with Gasteiger partial charge in [-0.05, 0) is 37.5 Å². The number of methoxy groups -OCH3 is 1. The summed E-state index contributed by atoms with van der Waals surface area (Å²) < 4.78 is 33.1. The molecule has 21 heavy (non-hydrogen) atoms. The predicted octanol–water partition coefficient (Wildman–Crippen LogP) is 1.60. The van der Waals surface area contributed by atoms with Gasteiger partial charge in [-0.25, -0.2) is 13.1 Å². The minimum absolute atomic E-state index is 0.0707. The Kier molecular flexibility index (Phi) is 3.64. The van der Waals surface area contributed by atoms with Gasteiger partial charge >= 0.3 is 0 Å². The monoisotopic (exact) mass is 309 g/mol. The van der Waals surface area contributed by atoms with Crippen LogP contribution in [0.5, 0.6) is 0 Å². The summed E-state index contributed by atoms with van der Waals surface area (Å²) in [5.74, 6) is 0. The summed E-state index contributed by atoms with van der Waals surface area (Å²) in [5, 5.41) is 0.651. The molecule has 2 aromatic rings. The maximum absolute atomic E-state index is 12.5. The van der Waals surface area contributed by atoms with Crippen LogP contribution in [0.1, 0.15) is 19.3 Å². The zero-order chi connectivity index (χ0) is 15.0. The number of aromatic nitrogens is 1. The lowest BCUT2D eigenvalue weighted by molar-refractivity contribution is 0.107. The van der Waals surface area contributed by atoms with Crippen LogP contribution in [-0.2, 0) is 14.8 Å². The molecule has 0 aliphatic heterocycles. The second-order valence-electron chi connectivity index (χ2n) is 5.45. The summed E-state index contributed by atoms with van der Waals surface area (Å²) >= 11 is 0. The van der Waals surface area contributed by atoms with Gasteiger partial charge in [0, 0.05) is 35.9 Å². The summed E-state index contributed by atoms with van der Waals surface area (Å²) in [6.07, 6.45) is 4.04. The number of aromatic amines is 1. The van der Waals surface area contributed by atoms with Crippen LogP contribution in [0.25, 0.3) is 10.9 Å². The second kappa shape index (κ2) is 5.32. The molecule has 3 rings (SSSR count). The molecule has 114 valence electrons. The van der Waals surface area contributed by atoms with Gasteiger partial charge < -0.3 is 15.5 Å². The molecule has 6 nitrogen and oxygen atoms in total. The SMILES string of the molecule is COC1CCC(NS(=O)(=O)c2c[nH]c3cc(N)ccc23)C1. The largest absolute Gasteiger partial charge is 0.399 e. The molecule has 1 fully saturated rings. The zero-order valence-electron chi connectivity index (χ0n) is 11.8.